The van der Waals surface area contributed by atoms with Gasteiger partial charge in [-0.3, -0.25) is 9.59 Å². The van der Waals surface area contributed by atoms with Crippen molar-refractivity contribution in [3.05, 3.63) is 35.9 Å². The number of thioether (sulfide) groups is 1. The molecule has 0 aliphatic carbocycles. The van der Waals surface area contributed by atoms with Crippen molar-refractivity contribution >= 4 is 23.6 Å². The topological polar surface area (TPSA) is 46.6 Å². The Balaban J connectivity index is 2.18. The standard InChI is InChI=1S/C16H21NO3S/c1-4-20-14(18)10-13-15(19)17(11(2)3)16(21-13)12-8-6-5-7-9-12/h5-9,11,13,16H,4,10H2,1-3H3. The van der Waals surface area contributed by atoms with Gasteiger partial charge in [-0.2, -0.15) is 0 Å². The van der Waals surface area contributed by atoms with Crippen LogP contribution in [0, 0.1) is 0 Å². The number of ether oxygens (including phenoxy) is 1. The molecule has 2 atom stereocenters. The Morgan fingerprint density at radius 2 is 2.00 bits per heavy atom. The Labute approximate surface area is 129 Å². The molecule has 0 saturated carbocycles. The Hall–Kier alpha value is -1.49. The van der Waals surface area contributed by atoms with Crippen LogP contribution in [0.1, 0.15) is 38.1 Å². The molecule has 1 aromatic rings. The maximum Gasteiger partial charge on any atom is 0.307 e. The van der Waals surface area contributed by atoms with E-state index in [1.165, 1.54) is 11.8 Å². The van der Waals surface area contributed by atoms with Crippen LogP contribution in [0.4, 0.5) is 0 Å². The van der Waals surface area contributed by atoms with Crippen LogP contribution in [0.25, 0.3) is 0 Å². The second kappa shape index (κ2) is 6.98. The molecule has 1 aromatic carbocycles. The fourth-order valence-corrected chi connectivity index (χ4v) is 4.02. The summed E-state index contributed by atoms with van der Waals surface area (Å²) in [6, 6.07) is 10.0. The van der Waals surface area contributed by atoms with Crippen molar-refractivity contribution in [2.24, 2.45) is 0 Å². The first kappa shape index (κ1) is 15.9. The number of carbonyl (C=O) groups excluding carboxylic acids is 2. The van der Waals surface area contributed by atoms with Gasteiger partial charge in [0, 0.05) is 6.04 Å². The second-order valence-electron chi connectivity index (χ2n) is 5.24. The molecule has 5 heteroatoms. The average molecular weight is 307 g/mol. The Bertz CT molecular complexity index is 504. The normalized spacial score (nSPS) is 21.9. The first-order valence-electron chi connectivity index (χ1n) is 7.22. The first-order valence-corrected chi connectivity index (χ1v) is 8.17. The van der Waals surface area contributed by atoms with Gasteiger partial charge in [-0.15, -0.1) is 11.8 Å². The lowest BCUT2D eigenvalue weighted by atomic mass is 10.1. The summed E-state index contributed by atoms with van der Waals surface area (Å²) in [4.78, 5) is 26.1. The largest absolute Gasteiger partial charge is 0.466 e. The highest BCUT2D eigenvalue weighted by molar-refractivity contribution is 8.01. The summed E-state index contributed by atoms with van der Waals surface area (Å²) in [6.07, 6.45) is 0.143. The van der Waals surface area contributed by atoms with Crippen LogP contribution in [0.2, 0.25) is 0 Å². The van der Waals surface area contributed by atoms with Gasteiger partial charge in [0.25, 0.3) is 0 Å². The van der Waals surface area contributed by atoms with Crippen molar-refractivity contribution in [2.75, 3.05) is 6.61 Å². The molecule has 4 nitrogen and oxygen atoms in total. The summed E-state index contributed by atoms with van der Waals surface area (Å²) in [6.45, 7) is 6.12. The number of nitrogens with zero attached hydrogens (tertiary/aromatic N) is 1. The van der Waals surface area contributed by atoms with Crippen LogP contribution in [-0.4, -0.2) is 34.7 Å². The molecule has 1 saturated heterocycles. The number of amides is 1. The van der Waals surface area contributed by atoms with Gasteiger partial charge >= 0.3 is 5.97 Å². The first-order chi connectivity index (χ1) is 10.0. The molecule has 1 amide bonds. The van der Waals surface area contributed by atoms with Crippen molar-refractivity contribution in [3.63, 3.8) is 0 Å². The molecular weight excluding hydrogens is 286 g/mol. The van der Waals surface area contributed by atoms with E-state index in [9.17, 15) is 9.59 Å². The van der Waals surface area contributed by atoms with E-state index in [0.29, 0.717) is 6.61 Å². The molecule has 0 bridgehead atoms. The molecule has 1 fully saturated rings. The lowest BCUT2D eigenvalue weighted by Gasteiger charge is -2.28. The van der Waals surface area contributed by atoms with Gasteiger partial charge in [0.05, 0.1) is 18.3 Å². The fourth-order valence-electron chi connectivity index (χ4n) is 2.45. The summed E-state index contributed by atoms with van der Waals surface area (Å²) in [5, 5.41) is -0.380. The van der Waals surface area contributed by atoms with Crippen LogP contribution in [0.5, 0.6) is 0 Å². The third-order valence-electron chi connectivity index (χ3n) is 3.37. The lowest BCUT2D eigenvalue weighted by Crippen LogP contribution is -2.37. The quantitative estimate of drug-likeness (QED) is 0.785. The third kappa shape index (κ3) is 3.59. The molecule has 0 N–H and O–H groups in total. The van der Waals surface area contributed by atoms with E-state index < -0.39 is 0 Å². The molecule has 2 unspecified atom stereocenters. The zero-order valence-electron chi connectivity index (χ0n) is 12.6. The zero-order chi connectivity index (χ0) is 15.4. The molecule has 0 radical (unpaired) electrons. The van der Waals surface area contributed by atoms with Gasteiger partial charge in [0.2, 0.25) is 5.91 Å². The number of rotatable bonds is 5. The predicted molar refractivity (Wildman–Crippen MR) is 83.8 cm³/mol. The number of carbonyl (C=O) groups is 2. The molecule has 21 heavy (non-hydrogen) atoms. The highest BCUT2D eigenvalue weighted by Gasteiger charge is 2.43. The van der Waals surface area contributed by atoms with Gasteiger partial charge in [-0.1, -0.05) is 30.3 Å². The monoisotopic (exact) mass is 307 g/mol. The molecular formula is C16H21NO3S. The minimum Gasteiger partial charge on any atom is -0.466 e. The second-order valence-corrected chi connectivity index (χ2v) is 6.52. The van der Waals surface area contributed by atoms with Crippen LogP contribution in [0.15, 0.2) is 30.3 Å². The maximum atomic E-state index is 12.6. The van der Waals surface area contributed by atoms with E-state index in [2.05, 4.69) is 0 Å². The van der Waals surface area contributed by atoms with Crippen LogP contribution < -0.4 is 0 Å². The third-order valence-corrected chi connectivity index (χ3v) is 4.83. The highest BCUT2D eigenvalue weighted by Crippen LogP contribution is 2.45. The molecule has 1 aliphatic heterocycles. The van der Waals surface area contributed by atoms with Crippen molar-refractivity contribution in [1.29, 1.82) is 0 Å². The molecule has 0 spiro atoms. The Morgan fingerprint density at radius 1 is 1.33 bits per heavy atom. The van der Waals surface area contributed by atoms with Gasteiger partial charge in [0.1, 0.15) is 5.37 Å². The summed E-state index contributed by atoms with van der Waals surface area (Å²) < 4.78 is 4.97. The fraction of sp³-hybridized carbons (Fsp3) is 0.500. The lowest BCUT2D eigenvalue weighted by molar-refractivity contribution is -0.145. The summed E-state index contributed by atoms with van der Waals surface area (Å²) in [7, 11) is 0. The molecule has 1 heterocycles. The van der Waals surface area contributed by atoms with E-state index in [-0.39, 0.29) is 35.0 Å². The SMILES string of the molecule is CCOC(=O)CC1SC(c2ccccc2)N(C(C)C)C1=O. The van der Waals surface area contributed by atoms with Crippen molar-refractivity contribution in [2.45, 2.75) is 43.9 Å². The van der Waals surface area contributed by atoms with Crippen LogP contribution >= 0.6 is 11.8 Å². The van der Waals surface area contributed by atoms with E-state index in [0.717, 1.165) is 5.56 Å². The zero-order valence-corrected chi connectivity index (χ0v) is 13.4. The molecule has 114 valence electrons. The Kier molecular flexibility index (Phi) is 5.28. The highest BCUT2D eigenvalue weighted by atomic mass is 32.2. The van der Waals surface area contributed by atoms with E-state index in [1.807, 2.05) is 49.1 Å². The molecule has 2 rings (SSSR count). The van der Waals surface area contributed by atoms with Crippen molar-refractivity contribution < 1.29 is 14.3 Å². The van der Waals surface area contributed by atoms with Crippen molar-refractivity contribution in [1.82, 2.24) is 4.90 Å². The number of hydrogen-bond donors (Lipinski definition) is 0. The van der Waals surface area contributed by atoms with Gasteiger partial charge in [-0.25, -0.2) is 0 Å². The van der Waals surface area contributed by atoms with Crippen LogP contribution in [0.3, 0.4) is 0 Å². The smallest absolute Gasteiger partial charge is 0.307 e. The molecule has 1 aliphatic rings. The van der Waals surface area contributed by atoms with Crippen LogP contribution in [-0.2, 0) is 14.3 Å². The minimum atomic E-state index is -0.350. The van der Waals surface area contributed by atoms with Gasteiger partial charge < -0.3 is 9.64 Å². The maximum absolute atomic E-state index is 12.6. The van der Waals surface area contributed by atoms with Crippen molar-refractivity contribution in [3.8, 4) is 0 Å². The van der Waals surface area contributed by atoms with E-state index >= 15 is 0 Å². The van der Waals surface area contributed by atoms with E-state index in [4.69, 9.17) is 4.74 Å². The number of benzene rings is 1. The number of esters is 1. The molecule has 0 aromatic heterocycles. The summed E-state index contributed by atoms with van der Waals surface area (Å²) in [5.41, 5.74) is 1.09. The van der Waals surface area contributed by atoms with E-state index in [1.54, 1.807) is 6.92 Å². The average Bonchev–Trinajstić information content (AvgIpc) is 2.77. The number of hydrogen-bond acceptors (Lipinski definition) is 4. The Morgan fingerprint density at radius 3 is 2.57 bits per heavy atom. The van der Waals surface area contributed by atoms with Gasteiger partial charge in [-0.05, 0) is 26.3 Å². The minimum absolute atomic E-state index is 0.0249. The van der Waals surface area contributed by atoms with Gasteiger partial charge in [0.15, 0.2) is 0 Å². The summed E-state index contributed by atoms with van der Waals surface area (Å²) in [5.74, 6) is -0.280. The predicted octanol–water partition coefficient (Wildman–Crippen LogP) is 2.99. The summed E-state index contributed by atoms with van der Waals surface area (Å²) >= 11 is 1.54.